The van der Waals surface area contributed by atoms with Crippen LogP contribution in [0.25, 0.3) is 11.0 Å². The van der Waals surface area contributed by atoms with Crippen LogP contribution in [0, 0.1) is 6.92 Å². The van der Waals surface area contributed by atoms with Crippen LogP contribution in [-0.2, 0) is 0 Å². The number of aromatic nitrogens is 4. The number of anilines is 3. The van der Waals surface area contributed by atoms with E-state index in [2.05, 4.69) is 15.3 Å². The molecule has 31 heavy (non-hydrogen) atoms. The molecule has 1 aliphatic rings. The molecular weight excluding hydrogens is 392 g/mol. The Hall–Kier alpha value is -3.29. The van der Waals surface area contributed by atoms with E-state index >= 15 is 0 Å². The van der Waals surface area contributed by atoms with Crippen molar-refractivity contribution in [2.24, 2.45) is 0 Å². The maximum absolute atomic E-state index is 13.4. The van der Waals surface area contributed by atoms with Crippen LogP contribution < -0.4 is 15.8 Å². The maximum Gasteiger partial charge on any atom is 0.263 e. The summed E-state index contributed by atoms with van der Waals surface area (Å²) < 4.78 is 1.73. The van der Waals surface area contributed by atoms with Crippen LogP contribution in [0.15, 0.2) is 29.3 Å². The third-order valence-electron chi connectivity index (χ3n) is 6.00. The van der Waals surface area contributed by atoms with Gasteiger partial charge in [-0.3, -0.25) is 14.2 Å². The Balaban J connectivity index is 1.82. The minimum atomic E-state index is -0.248. The molecule has 1 saturated carbocycles. The SMILES string of the molecule is CC(=O)c1c(C)c2cnc(Nc3ccc(N(C)C)cn3)nc2n(C2CCCCC2)c1=O. The Morgan fingerprint density at radius 3 is 2.48 bits per heavy atom. The van der Waals surface area contributed by atoms with Gasteiger partial charge in [-0.05, 0) is 44.4 Å². The van der Waals surface area contributed by atoms with E-state index in [1.807, 2.05) is 31.1 Å². The molecule has 1 N–H and O–H groups in total. The molecule has 3 heterocycles. The highest BCUT2D eigenvalue weighted by Gasteiger charge is 2.25. The van der Waals surface area contributed by atoms with Gasteiger partial charge in [0.15, 0.2) is 5.78 Å². The summed E-state index contributed by atoms with van der Waals surface area (Å²) in [6, 6.07) is 3.86. The molecule has 8 heteroatoms. The van der Waals surface area contributed by atoms with Crippen molar-refractivity contribution in [2.75, 3.05) is 24.3 Å². The van der Waals surface area contributed by atoms with Crippen molar-refractivity contribution >= 4 is 34.3 Å². The Bertz CT molecular complexity index is 1180. The topological polar surface area (TPSA) is 93.0 Å². The fourth-order valence-electron chi connectivity index (χ4n) is 4.32. The first-order chi connectivity index (χ1) is 14.9. The first-order valence-corrected chi connectivity index (χ1v) is 10.7. The smallest absolute Gasteiger partial charge is 0.263 e. The molecule has 1 aliphatic carbocycles. The second kappa shape index (κ2) is 8.45. The number of carbonyl (C=O) groups excluding carboxylic acids is 1. The maximum atomic E-state index is 13.4. The van der Waals surface area contributed by atoms with Crippen LogP contribution >= 0.6 is 0 Å². The third-order valence-corrected chi connectivity index (χ3v) is 6.00. The van der Waals surface area contributed by atoms with Crippen LogP contribution in [0.3, 0.4) is 0 Å². The molecule has 0 spiro atoms. The Morgan fingerprint density at radius 2 is 1.87 bits per heavy atom. The molecule has 1 fully saturated rings. The van der Waals surface area contributed by atoms with Crippen LogP contribution in [0.5, 0.6) is 0 Å². The summed E-state index contributed by atoms with van der Waals surface area (Å²) in [5, 5.41) is 3.87. The number of nitrogens with one attached hydrogen (secondary N) is 1. The van der Waals surface area contributed by atoms with Crippen molar-refractivity contribution in [3.63, 3.8) is 0 Å². The molecule has 0 amide bonds. The average molecular weight is 421 g/mol. The lowest BCUT2D eigenvalue weighted by molar-refractivity contribution is 0.101. The van der Waals surface area contributed by atoms with E-state index < -0.39 is 0 Å². The van der Waals surface area contributed by atoms with Crippen molar-refractivity contribution in [1.82, 2.24) is 19.5 Å². The van der Waals surface area contributed by atoms with E-state index in [0.29, 0.717) is 23.0 Å². The van der Waals surface area contributed by atoms with Gasteiger partial charge in [0.05, 0.1) is 17.4 Å². The average Bonchev–Trinajstić information content (AvgIpc) is 2.74. The van der Waals surface area contributed by atoms with Crippen LogP contribution in [-0.4, -0.2) is 39.4 Å². The summed E-state index contributed by atoms with van der Waals surface area (Å²) in [5.74, 6) is 0.770. The molecule has 162 valence electrons. The van der Waals surface area contributed by atoms with Gasteiger partial charge < -0.3 is 10.2 Å². The molecule has 3 aromatic heterocycles. The number of hydrogen-bond donors (Lipinski definition) is 1. The molecule has 0 aliphatic heterocycles. The number of nitrogens with zero attached hydrogens (tertiary/aromatic N) is 5. The van der Waals surface area contributed by atoms with E-state index in [0.717, 1.165) is 36.8 Å². The number of hydrogen-bond acceptors (Lipinski definition) is 7. The number of ketones is 1. The molecule has 0 bridgehead atoms. The van der Waals surface area contributed by atoms with Crippen LogP contribution in [0.1, 0.15) is 61.0 Å². The predicted octanol–water partition coefficient (Wildman–Crippen LogP) is 4.01. The molecule has 0 aromatic carbocycles. The van der Waals surface area contributed by atoms with Gasteiger partial charge in [-0.1, -0.05) is 19.3 Å². The summed E-state index contributed by atoms with van der Waals surface area (Å²) in [5.41, 5.74) is 2.19. The summed E-state index contributed by atoms with van der Waals surface area (Å²) >= 11 is 0. The van der Waals surface area contributed by atoms with Gasteiger partial charge in [0.2, 0.25) is 5.95 Å². The number of pyridine rings is 2. The lowest BCUT2D eigenvalue weighted by atomic mass is 9.94. The number of rotatable bonds is 5. The first-order valence-electron chi connectivity index (χ1n) is 10.7. The number of fused-ring (bicyclic) bond motifs is 1. The van der Waals surface area contributed by atoms with Crippen molar-refractivity contribution < 1.29 is 4.79 Å². The van der Waals surface area contributed by atoms with E-state index in [1.165, 1.54) is 13.3 Å². The van der Waals surface area contributed by atoms with E-state index in [1.54, 1.807) is 23.9 Å². The quantitative estimate of drug-likeness (QED) is 0.623. The van der Waals surface area contributed by atoms with Gasteiger partial charge in [-0.2, -0.15) is 4.98 Å². The normalized spacial score (nSPS) is 14.6. The van der Waals surface area contributed by atoms with E-state index in [4.69, 9.17) is 4.98 Å². The van der Waals surface area contributed by atoms with Gasteiger partial charge in [0.25, 0.3) is 5.56 Å². The van der Waals surface area contributed by atoms with Crippen molar-refractivity contribution in [1.29, 1.82) is 0 Å². The molecule has 0 unspecified atom stereocenters. The summed E-state index contributed by atoms with van der Waals surface area (Å²) in [6.07, 6.45) is 8.60. The van der Waals surface area contributed by atoms with Gasteiger partial charge in [-0.15, -0.1) is 0 Å². The largest absolute Gasteiger partial charge is 0.376 e. The second-order valence-corrected chi connectivity index (χ2v) is 8.38. The number of carbonyl (C=O) groups is 1. The van der Waals surface area contributed by atoms with Gasteiger partial charge in [-0.25, -0.2) is 9.97 Å². The first kappa shape index (κ1) is 21.0. The van der Waals surface area contributed by atoms with Gasteiger partial charge in [0.1, 0.15) is 11.5 Å². The summed E-state index contributed by atoms with van der Waals surface area (Å²) in [4.78, 5) is 41.2. The lowest BCUT2D eigenvalue weighted by Gasteiger charge is -2.26. The van der Waals surface area contributed by atoms with Crippen molar-refractivity contribution in [2.45, 2.75) is 52.0 Å². The molecule has 0 saturated heterocycles. The molecular formula is C23H28N6O2. The van der Waals surface area contributed by atoms with Crippen LogP contribution in [0.2, 0.25) is 0 Å². The highest BCUT2D eigenvalue weighted by Crippen LogP contribution is 2.31. The Kier molecular flexibility index (Phi) is 5.71. The zero-order chi connectivity index (χ0) is 22.1. The molecule has 0 atom stereocenters. The molecule has 8 nitrogen and oxygen atoms in total. The minimum Gasteiger partial charge on any atom is -0.376 e. The fourth-order valence-corrected chi connectivity index (χ4v) is 4.32. The number of aryl methyl sites for hydroxylation is 1. The lowest BCUT2D eigenvalue weighted by Crippen LogP contribution is -2.32. The Labute approximate surface area is 181 Å². The van der Waals surface area contributed by atoms with Crippen molar-refractivity contribution in [3.05, 3.63) is 46.0 Å². The third kappa shape index (κ3) is 4.02. The molecule has 3 aromatic rings. The highest BCUT2D eigenvalue weighted by molar-refractivity contribution is 5.99. The van der Waals surface area contributed by atoms with Gasteiger partial charge >= 0.3 is 0 Å². The number of Topliss-reactive ketones (excluding diaryl/α,β-unsaturated/α-hetero) is 1. The zero-order valence-electron chi connectivity index (χ0n) is 18.5. The fraction of sp³-hybridized carbons (Fsp3) is 0.435. The minimum absolute atomic E-state index is 0.0442. The Morgan fingerprint density at radius 1 is 1.13 bits per heavy atom. The standard InChI is InChI=1S/C23H28N6O2/c1-14-18-13-25-23(26-19-11-10-17(12-24-19)28(3)4)27-21(18)29(16-8-6-5-7-9-16)22(31)20(14)15(2)30/h10-13,16H,5-9H2,1-4H3,(H,24,25,26,27). The van der Waals surface area contributed by atoms with Crippen LogP contribution in [0.4, 0.5) is 17.5 Å². The predicted molar refractivity (Wildman–Crippen MR) is 123 cm³/mol. The van der Waals surface area contributed by atoms with E-state index in [-0.39, 0.29) is 22.9 Å². The summed E-state index contributed by atoms with van der Waals surface area (Å²) in [6.45, 7) is 3.24. The molecule has 0 radical (unpaired) electrons. The monoisotopic (exact) mass is 420 g/mol. The second-order valence-electron chi connectivity index (χ2n) is 8.38. The molecule has 4 rings (SSSR count). The highest BCUT2D eigenvalue weighted by atomic mass is 16.1. The van der Waals surface area contributed by atoms with E-state index in [9.17, 15) is 9.59 Å². The van der Waals surface area contributed by atoms with Crippen molar-refractivity contribution in [3.8, 4) is 0 Å². The van der Waals surface area contributed by atoms with Gasteiger partial charge in [0, 0.05) is 31.7 Å². The summed E-state index contributed by atoms with van der Waals surface area (Å²) in [7, 11) is 3.91. The zero-order valence-corrected chi connectivity index (χ0v) is 18.5.